The van der Waals surface area contributed by atoms with Gasteiger partial charge in [-0.05, 0) is 25.0 Å². The van der Waals surface area contributed by atoms with Gasteiger partial charge in [0, 0.05) is 18.6 Å². The van der Waals surface area contributed by atoms with E-state index in [0.717, 1.165) is 25.0 Å². The SMILES string of the molecule is O=C(OCCC#Cc1ccccc1)C1CCCOC1. The zero-order valence-electron chi connectivity index (χ0n) is 10.9. The Balaban J connectivity index is 1.66. The summed E-state index contributed by atoms with van der Waals surface area (Å²) >= 11 is 0. The summed E-state index contributed by atoms with van der Waals surface area (Å²) in [6, 6.07) is 9.77. The van der Waals surface area contributed by atoms with Crippen molar-refractivity contribution in [2.45, 2.75) is 19.3 Å². The maximum absolute atomic E-state index is 11.7. The van der Waals surface area contributed by atoms with Crippen LogP contribution in [0.5, 0.6) is 0 Å². The van der Waals surface area contributed by atoms with E-state index >= 15 is 0 Å². The lowest BCUT2D eigenvalue weighted by atomic mass is 10.0. The second kappa shape index (κ2) is 7.60. The number of hydrogen-bond acceptors (Lipinski definition) is 3. The van der Waals surface area contributed by atoms with Crippen molar-refractivity contribution in [3.05, 3.63) is 35.9 Å². The lowest BCUT2D eigenvalue weighted by molar-refractivity contribution is -0.152. The first kappa shape index (κ1) is 13.6. The predicted molar refractivity (Wildman–Crippen MR) is 72.4 cm³/mol. The van der Waals surface area contributed by atoms with Gasteiger partial charge in [0.05, 0.1) is 12.5 Å². The third kappa shape index (κ3) is 4.76. The predicted octanol–water partition coefficient (Wildman–Crippen LogP) is 2.40. The maximum Gasteiger partial charge on any atom is 0.311 e. The van der Waals surface area contributed by atoms with Gasteiger partial charge in [-0.1, -0.05) is 30.0 Å². The van der Waals surface area contributed by atoms with Gasteiger partial charge in [0.15, 0.2) is 0 Å². The molecule has 0 aromatic heterocycles. The number of rotatable bonds is 3. The molecule has 3 nitrogen and oxygen atoms in total. The van der Waals surface area contributed by atoms with Gasteiger partial charge in [-0.25, -0.2) is 0 Å². The Labute approximate surface area is 113 Å². The molecule has 0 N–H and O–H groups in total. The second-order valence-electron chi connectivity index (χ2n) is 4.50. The van der Waals surface area contributed by atoms with Crippen molar-refractivity contribution in [3.8, 4) is 11.8 Å². The molecule has 100 valence electrons. The number of carbonyl (C=O) groups is 1. The third-order valence-corrected chi connectivity index (χ3v) is 2.97. The lowest BCUT2D eigenvalue weighted by Gasteiger charge is -2.20. The maximum atomic E-state index is 11.7. The van der Waals surface area contributed by atoms with Crippen LogP contribution in [-0.2, 0) is 14.3 Å². The molecule has 1 aromatic carbocycles. The van der Waals surface area contributed by atoms with Crippen LogP contribution in [0.4, 0.5) is 0 Å². The van der Waals surface area contributed by atoms with Gasteiger partial charge in [0.2, 0.25) is 0 Å². The molecule has 0 bridgehead atoms. The molecule has 1 fully saturated rings. The van der Waals surface area contributed by atoms with Crippen molar-refractivity contribution in [2.24, 2.45) is 5.92 Å². The van der Waals surface area contributed by atoms with Crippen molar-refractivity contribution < 1.29 is 14.3 Å². The van der Waals surface area contributed by atoms with Crippen LogP contribution in [0.25, 0.3) is 0 Å². The highest BCUT2D eigenvalue weighted by Crippen LogP contribution is 2.14. The zero-order chi connectivity index (χ0) is 13.3. The van der Waals surface area contributed by atoms with Crippen molar-refractivity contribution in [3.63, 3.8) is 0 Å². The van der Waals surface area contributed by atoms with E-state index in [0.29, 0.717) is 19.6 Å². The number of hydrogen-bond donors (Lipinski definition) is 0. The molecule has 3 heteroatoms. The number of carbonyl (C=O) groups excluding carboxylic acids is 1. The Hall–Kier alpha value is -1.79. The molecule has 1 aromatic rings. The molecule has 1 saturated heterocycles. The molecule has 0 amide bonds. The van der Waals surface area contributed by atoms with Crippen LogP contribution in [0.1, 0.15) is 24.8 Å². The molecule has 0 saturated carbocycles. The van der Waals surface area contributed by atoms with Gasteiger partial charge in [-0.2, -0.15) is 0 Å². The van der Waals surface area contributed by atoms with E-state index in [1.807, 2.05) is 30.3 Å². The summed E-state index contributed by atoms with van der Waals surface area (Å²) in [6.07, 6.45) is 2.37. The van der Waals surface area contributed by atoms with Crippen LogP contribution in [0.2, 0.25) is 0 Å². The smallest absolute Gasteiger partial charge is 0.311 e. The summed E-state index contributed by atoms with van der Waals surface area (Å²) in [4.78, 5) is 11.7. The van der Waals surface area contributed by atoms with Crippen LogP contribution in [0.3, 0.4) is 0 Å². The average Bonchev–Trinajstić information content (AvgIpc) is 2.49. The molecule has 0 aliphatic carbocycles. The van der Waals surface area contributed by atoms with Gasteiger partial charge in [0.25, 0.3) is 0 Å². The van der Waals surface area contributed by atoms with Crippen LogP contribution < -0.4 is 0 Å². The minimum absolute atomic E-state index is 0.0872. The largest absolute Gasteiger partial charge is 0.464 e. The van der Waals surface area contributed by atoms with Gasteiger partial charge in [0.1, 0.15) is 6.61 Å². The quantitative estimate of drug-likeness (QED) is 0.474. The Kier molecular flexibility index (Phi) is 5.46. The number of benzene rings is 1. The van der Waals surface area contributed by atoms with E-state index in [4.69, 9.17) is 9.47 Å². The van der Waals surface area contributed by atoms with Gasteiger partial charge < -0.3 is 9.47 Å². The molecule has 2 rings (SSSR count). The highest BCUT2D eigenvalue weighted by Gasteiger charge is 2.22. The van der Waals surface area contributed by atoms with E-state index in [1.165, 1.54) is 0 Å². The summed E-state index contributed by atoms with van der Waals surface area (Å²) in [7, 11) is 0. The third-order valence-electron chi connectivity index (χ3n) is 2.97. The summed E-state index contributed by atoms with van der Waals surface area (Å²) in [5, 5.41) is 0. The fourth-order valence-electron chi connectivity index (χ4n) is 1.93. The summed E-state index contributed by atoms with van der Waals surface area (Å²) in [5.74, 6) is 5.79. The highest BCUT2D eigenvalue weighted by atomic mass is 16.5. The van der Waals surface area contributed by atoms with E-state index in [1.54, 1.807) is 0 Å². The monoisotopic (exact) mass is 258 g/mol. The van der Waals surface area contributed by atoms with Gasteiger partial charge in [-0.3, -0.25) is 4.79 Å². The van der Waals surface area contributed by atoms with Gasteiger partial charge in [-0.15, -0.1) is 0 Å². The molecule has 0 radical (unpaired) electrons. The topological polar surface area (TPSA) is 35.5 Å². The first-order valence-electron chi connectivity index (χ1n) is 6.64. The summed E-state index contributed by atoms with van der Waals surface area (Å²) in [5.41, 5.74) is 0.981. The zero-order valence-corrected chi connectivity index (χ0v) is 10.9. The molecular weight excluding hydrogens is 240 g/mol. The van der Waals surface area contributed by atoms with Crippen molar-refractivity contribution in [1.82, 2.24) is 0 Å². The minimum atomic E-state index is -0.152. The van der Waals surface area contributed by atoms with E-state index in [9.17, 15) is 4.79 Å². The minimum Gasteiger partial charge on any atom is -0.464 e. The van der Waals surface area contributed by atoms with Crippen molar-refractivity contribution >= 4 is 5.97 Å². The van der Waals surface area contributed by atoms with E-state index in [2.05, 4.69) is 11.8 Å². The van der Waals surface area contributed by atoms with Crippen LogP contribution in [0.15, 0.2) is 30.3 Å². The van der Waals surface area contributed by atoms with E-state index in [-0.39, 0.29) is 11.9 Å². The lowest BCUT2D eigenvalue weighted by Crippen LogP contribution is -2.27. The Morgan fingerprint density at radius 1 is 1.37 bits per heavy atom. The summed E-state index contributed by atoms with van der Waals surface area (Å²) < 4.78 is 10.5. The molecule has 1 aliphatic heterocycles. The Bertz CT molecular complexity index is 450. The van der Waals surface area contributed by atoms with Crippen LogP contribution in [0, 0.1) is 17.8 Å². The van der Waals surface area contributed by atoms with Crippen molar-refractivity contribution in [2.75, 3.05) is 19.8 Å². The molecule has 1 atom stereocenters. The first-order chi connectivity index (χ1) is 9.36. The summed E-state index contributed by atoms with van der Waals surface area (Å²) in [6.45, 7) is 1.61. The van der Waals surface area contributed by atoms with Crippen LogP contribution in [-0.4, -0.2) is 25.8 Å². The van der Waals surface area contributed by atoms with Crippen molar-refractivity contribution in [1.29, 1.82) is 0 Å². The fourth-order valence-corrected chi connectivity index (χ4v) is 1.93. The number of esters is 1. The Morgan fingerprint density at radius 3 is 2.95 bits per heavy atom. The van der Waals surface area contributed by atoms with Gasteiger partial charge >= 0.3 is 5.97 Å². The molecular formula is C16H18O3. The Morgan fingerprint density at radius 2 is 2.21 bits per heavy atom. The molecule has 19 heavy (non-hydrogen) atoms. The number of ether oxygens (including phenoxy) is 2. The highest BCUT2D eigenvalue weighted by molar-refractivity contribution is 5.72. The van der Waals surface area contributed by atoms with E-state index < -0.39 is 0 Å². The molecule has 1 heterocycles. The fraction of sp³-hybridized carbons (Fsp3) is 0.438. The average molecular weight is 258 g/mol. The molecule has 0 spiro atoms. The second-order valence-corrected chi connectivity index (χ2v) is 4.50. The molecule has 1 unspecified atom stereocenters. The normalized spacial score (nSPS) is 18.2. The molecule has 1 aliphatic rings. The van der Waals surface area contributed by atoms with Crippen LogP contribution >= 0.6 is 0 Å². The first-order valence-corrected chi connectivity index (χ1v) is 6.64. The standard InChI is InChI=1S/C16H18O3/c17-16(15-10-6-11-18-13-15)19-12-5-4-9-14-7-2-1-3-8-14/h1-3,7-8,15H,5-6,10-13H2.